The van der Waals surface area contributed by atoms with Gasteiger partial charge < -0.3 is 48.5 Å². The highest BCUT2D eigenvalue weighted by Crippen LogP contribution is 2.32. The van der Waals surface area contributed by atoms with Gasteiger partial charge in [0.15, 0.2) is 0 Å². The second-order valence-corrected chi connectivity index (χ2v) is 7.02. The van der Waals surface area contributed by atoms with Crippen LogP contribution in [-0.2, 0) is 38.0 Å². The van der Waals surface area contributed by atoms with Crippen LogP contribution in [0.2, 0.25) is 0 Å². The summed E-state index contributed by atoms with van der Waals surface area (Å²) >= 11 is 0. The standard InChI is InChI=1S/C21H40O11/c1-2-29-21(25)17-15-18(30-12-9-26-6-3-22)20(32-14-11-28-8-5-24)19(16-17)31-13-10-27-7-4-23/h17-20,22-24H,2-16H2,1H3/i22T,23T,24T. The molecule has 3 N–H and O–H groups in total. The van der Waals surface area contributed by atoms with Gasteiger partial charge in [-0.15, -0.1) is 0 Å². The van der Waals surface area contributed by atoms with Crippen molar-refractivity contribution in [3.05, 3.63) is 0 Å². The Bertz CT molecular complexity index is 481. The van der Waals surface area contributed by atoms with Crippen LogP contribution in [0.4, 0.5) is 0 Å². The number of ether oxygens (including phenoxy) is 7. The van der Waals surface area contributed by atoms with Gasteiger partial charge in [-0.3, -0.25) is 4.79 Å². The van der Waals surface area contributed by atoms with E-state index in [1.165, 1.54) is 0 Å². The SMILES string of the molecule is [3H]OCCOCCOC1CC(C(=O)OCC)CC(OCCOCCO[3H])C1OCCOCCO[3H]. The third-order valence-electron chi connectivity index (χ3n) is 4.73. The van der Waals surface area contributed by atoms with Crippen LogP contribution >= 0.6 is 0 Å². The molecule has 0 heterocycles. The molecule has 2 atom stereocenters. The van der Waals surface area contributed by atoms with Crippen LogP contribution in [0.25, 0.3) is 0 Å². The summed E-state index contributed by atoms with van der Waals surface area (Å²) in [6, 6.07) is 0. The first-order valence-electron chi connectivity index (χ1n) is 12.4. The maximum atomic E-state index is 12.5. The summed E-state index contributed by atoms with van der Waals surface area (Å²) in [6.45, 7) is 5.05. The first kappa shape index (κ1) is 24.2. The van der Waals surface area contributed by atoms with Crippen molar-refractivity contribution >= 4 is 5.97 Å². The third-order valence-corrected chi connectivity index (χ3v) is 4.73. The number of carbonyl (C=O) groups excluding carboxylic acids is 1. The van der Waals surface area contributed by atoms with Gasteiger partial charge in [0.05, 0.1) is 104 Å². The van der Waals surface area contributed by atoms with E-state index < -0.39 is 24.2 Å². The predicted molar refractivity (Wildman–Crippen MR) is 112 cm³/mol. The first-order chi connectivity index (χ1) is 17.2. The number of rotatable bonds is 23. The van der Waals surface area contributed by atoms with Crippen LogP contribution < -0.4 is 0 Å². The van der Waals surface area contributed by atoms with Gasteiger partial charge in [0, 0.05) is 0 Å². The van der Waals surface area contributed by atoms with Gasteiger partial charge in [-0.1, -0.05) is 0 Å². The van der Waals surface area contributed by atoms with E-state index in [1.807, 2.05) is 0 Å². The molecule has 11 heteroatoms. The minimum atomic E-state index is -0.468. The number of aliphatic hydroxyl groups excluding tert-OH is 3. The quantitative estimate of drug-likeness (QED) is 0.126. The molecular formula is C21H40O11. The molecule has 11 nitrogen and oxygen atoms in total. The lowest BCUT2D eigenvalue weighted by molar-refractivity contribution is -0.188. The molecule has 0 aromatic carbocycles. The normalized spacial score (nSPS) is 24.6. The summed E-state index contributed by atoms with van der Waals surface area (Å²) in [5, 5.41) is 12.7. The van der Waals surface area contributed by atoms with Crippen LogP contribution in [0.1, 0.15) is 19.8 Å². The second kappa shape index (κ2) is 19.6. The Morgan fingerprint density at radius 2 is 1.22 bits per heavy atom. The van der Waals surface area contributed by atoms with Gasteiger partial charge in [0.25, 0.3) is 0 Å². The Balaban J connectivity index is 2.74. The molecule has 1 aliphatic rings. The summed E-state index contributed by atoms with van der Waals surface area (Å²) in [5.74, 6) is -0.718. The highest BCUT2D eigenvalue weighted by atomic mass is 16.6. The largest absolute Gasteiger partial charge is 0.466 e. The zero-order valence-corrected chi connectivity index (χ0v) is 18.9. The highest BCUT2D eigenvalue weighted by molar-refractivity contribution is 5.72. The molecule has 0 bridgehead atoms. The monoisotopic (exact) mass is 474 g/mol. The van der Waals surface area contributed by atoms with E-state index in [-0.39, 0.29) is 72.0 Å². The zero-order valence-electron chi connectivity index (χ0n) is 21.9. The first-order valence-corrected chi connectivity index (χ1v) is 11.2. The van der Waals surface area contributed by atoms with Gasteiger partial charge >= 0.3 is 5.97 Å². The molecule has 2 unspecified atom stereocenters. The molecule has 0 saturated heterocycles. The fraction of sp³-hybridized carbons (Fsp3) is 0.952. The summed E-state index contributed by atoms with van der Waals surface area (Å²) in [6.07, 6.45) is -0.555. The van der Waals surface area contributed by atoms with Crippen molar-refractivity contribution in [2.45, 2.75) is 38.1 Å². The van der Waals surface area contributed by atoms with E-state index >= 15 is 0 Å². The summed E-state index contributed by atoms with van der Waals surface area (Å²) in [5.41, 5.74) is 0. The lowest BCUT2D eigenvalue weighted by atomic mass is 9.83. The molecule has 0 amide bonds. The van der Waals surface area contributed by atoms with Gasteiger partial charge in [-0.25, -0.2) is 0 Å². The summed E-state index contributed by atoms with van der Waals surface area (Å²) in [4.78, 5) is 12.5. The Morgan fingerprint density at radius 3 is 1.66 bits per heavy atom. The van der Waals surface area contributed by atoms with Gasteiger partial charge in [0.2, 0.25) is 4.29 Å². The predicted octanol–water partition coefficient (Wildman–Crippen LogP) is -0.858. The number of carbonyl (C=O) groups is 1. The fourth-order valence-corrected chi connectivity index (χ4v) is 3.40. The minimum Gasteiger partial charge on any atom is -0.466 e. The molecule has 0 aromatic rings. The summed E-state index contributed by atoms with van der Waals surface area (Å²) < 4.78 is 59.5. The van der Waals surface area contributed by atoms with Crippen molar-refractivity contribution in [3.8, 4) is 0 Å². The molecule has 190 valence electrons. The molecule has 0 spiro atoms. The molecule has 0 radical (unpaired) electrons. The topological polar surface area (TPSA) is 142 Å². The molecular weight excluding hydrogens is 428 g/mol. The Morgan fingerprint density at radius 1 is 0.750 bits per heavy atom. The smallest absolute Gasteiger partial charge is 0.309 e. The molecule has 1 saturated carbocycles. The lowest BCUT2D eigenvalue weighted by Crippen LogP contribution is -2.51. The van der Waals surface area contributed by atoms with Gasteiger partial charge in [-0.05, 0) is 19.8 Å². The molecule has 1 aliphatic carbocycles. The van der Waals surface area contributed by atoms with E-state index in [0.29, 0.717) is 32.7 Å². The molecule has 0 aliphatic heterocycles. The van der Waals surface area contributed by atoms with Crippen molar-refractivity contribution in [1.29, 1.82) is 4.29 Å². The number of hydrogen-bond acceptors (Lipinski definition) is 11. The van der Waals surface area contributed by atoms with Crippen molar-refractivity contribution in [2.24, 2.45) is 5.92 Å². The van der Waals surface area contributed by atoms with Gasteiger partial charge in [-0.2, -0.15) is 0 Å². The maximum Gasteiger partial charge on any atom is 0.309 e. The zero-order chi connectivity index (χ0) is 25.6. The van der Waals surface area contributed by atoms with Crippen molar-refractivity contribution < 1.29 is 53.3 Å². The van der Waals surface area contributed by atoms with Crippen LogP contribution in [0.3, 0.4) is 0 Å². The van der Waals surface area contributed by atoms with Crippen LogP contribution in [0.5, 0.6) is 0 Å². The molecule has 1 fully saturated rings. The summed E-state index contributed by atoms with van der Waals surface area (Å²) in [7, 11) is 0. The Kier molecular flexibility index (Phi) is 14.8. The van der Waals surface area contributed by atoms with Crippen molar-refractivity contribution in [1.82, 2.24) is 0 Å². The molecule has 32 heavy (non-hydrogen) atoms. The Labute approximate surface area is 194 Å². The van der Waals surface area contributed by atoms with E-state index in [2.05, 4.69) is 15.3 Å². The van der Waals surface area contributed by atoms with E-state index in [4.69, 9.17) is 37.5 Å². The average molecular weight is 475 g/mol. The van der Waals surface area contributed by atoms with E-state index in [1.54, 1.807) is 6.92 Å². The highest BCUT2D eigenvalue weighted by Gasteiger charge is 2.43. The van der Waals surface area contributed by atoms with E-state index in [0.717, 1.165) is 0 Å². The van der Waals surface area contributed by atoms with Crippen LogP contribution in [-0.4, -0.2) is 130 Å². The van der Waals surface area contributed by atoms with Crippen molar-refractivity contribution in [3.63, 3.8) is 0 Å². The molecule has 0 aromatic heterocycles. The van der Waals surface area contributed by atoms with Crippen LogP contribution in [0, 0.1) is 5.92 Å². The number of hydrogen-bond donors (Lipinski definition) is 3. The third kappa shape index (κ3) is 12.4. The number of esters is 1. The lowest BCUT2D eigenvalue weighted by Gasteiger charge is -2.40. The molecule has 1 rings (SSSR count). The maximum absolute atomic E-state index is 12.5. The van der Waals surface area contributed by atoms with Crippen molar-refractivity contribution in [2.75, 3.05) is 85.9 Å². The fourth-order valence-electron chi connectivity index (χ4n) is 3.40. The minimum absolute atomic E-state index is 0.164. The Hall–Kier alpha value is -0.890. The second-order valence-electron chi connectivity index (χ2n) is 7.02. The van der Waals surface area contributed by atoms with E-state index in [9.17, 15) is 4.79 Å². The number of aliphatic hydroxyl groups is 3. The van der Waals surface area contributed by atoms with Gasteiger partial charge in [0.1, 0.15) is 6.10 Å². The average Bonchev–Trinajstić information content (AvgIpc) is 2.86. The van der Waals surface area contributed by atoms with Crippen LogP contribution in [0.15, 0.2) is 0 Å².